The molecule has 0 spiro atoms. The van der Waals surface area contributed by atoms with Crippen LogP contribution in [0.2, 0.25) is 0 Å². The first-order valence-corrected chi connectivity index (χ1v) is 11.8. The SMILES string of the molecule is COc1ccc(CC(=O)N(Cc2cccc(OS(=O)(=O)c3ccc(F)cc3)c2)C(C)C)cc1. The van der Waals surface area contributed by atoms with Crippen LogP contribution in [0.15, 0.2) is 77.7 Å². The van der Waals surface area contributed by atoms with Gasteiger partial charge in [-0.1, -0.05) is 24.3 Å². The van der Waals surface area contributed by atoms with Crippen molar-refractivity contribution in [2.45, 2.75) is 37.8 Å². The summed E-state index contributed by atoms with van der Waals surface area (Å²) in [4.78, 5) is 14.6. The molecule has 1 amide bonds. The molecule has 0 saturated heterocycles. The van der Waals surface area contributed by atoms with Gasteiger partial charge in [0.1, 0.15) is 22.2 Å². The van der Waals surface area contributed by atoms with Gasteiger partial charge in [0.25, 0.3) is 0 Å². The average Bonchev–Trinajstić information content (AvgIpc) is 2.78. The van der Waals surface area contributed by atoms with Gasteiger partial charge < -0.3 is 13.8 Å². The lowest BCUT2D eigenvalue weighted by Crippen LogP contribution is -2.37. The highest BCUT2D eigenvalue weighted by Crippen LogP contribution is 2.22. The van der Waals surface area contributed by atoms with Crippen molar-refractivity contribution in [3.05, 3.63) is 89.7 Å². The molecule has 0 heterocycles. The Hall–Kier alpha value is -3.39. The Kier molecular flexibility index (Phi) is 7.71. The molecule has 3 aromatic carbocycles. The van der Waals surface area contributed by atoms with Crippen molar-refractivity contribution >= 4 is 16.0 Å². The lowest BCUT2D eigenvalue weighted by atomic mass is 10.1. The number of rotatable bonds is 9. The quantitative estimate of drug-likeness (QED) is 0.427. The third-order valence-electron chi connectivity index (χ3n) is 5.02. The number of benzene rings is 3. The van der Waals surface area contributed by atoms with Crippen molar-refractivity contribution < 1.29 is 26.5 Å². The Balaban J connectivity index is 1.73. The Bertz CT molecular complexity index is 1190. The number of halogens is 1. The summed E-state index contributed by atoms with van der Waals surface area (Å²) >= 11 is 0. The molecule has 0 radical (unpaired) electrons. The van der Waals surface area contributed by atoms with Gasteiger partial charge in [-0.15, -0.1) is 0 Å². The summed E-state index contributed by atoms with van der Waals surface area (Å²) in [5.74, 6) is 0.243. The fourth-order valence-corrected chi connectivity index (χ4v) is 4.17. The molecule has 0 N–H and O–H groups in total. The zero-order chi connectivity index (χ0) is 24.0. The van der Waals surface area contributed by atoms with Crippen LogP contribution in [-0.4, -0.2) is 32.4 Å². The van der Waals surface area contributed by atoms with Crippen LogP contribution in [0.4, 0.5) is 4.39 Å². The van der Waals surface area contributed by atoms with Crippen LogP contribution in [0.3, 0.4) is 0 Å². The van der Waals surface area contributed by atoms with E-state index in [0.717, 1.165) is 41.1 Å². The molecule has 0 bridgehead atoms. The highest BCUT2D eigenvalue weighted by Gasteiger charge is 2.20. The molecule has 0 aliphatic rings. The molecule has 33 heavy (non-hydrogen) atoms. The maximum Gasteiger partial charge on any atom is 0.339 e. The molecule has 0 aliphatic carbocycles. The fraction of sp³-hybridized carbons (Fsp3) is 0.240. The standard InChI is InChI=1S/C25H26FNO5S/c1-18(2)27(25(28)16-19-7-11-22(31-3)12-8-19)17-20-5-4-6-23(15-20)32-33(29,30)24-13-9-21(26)10-14-24/h4-15,18H,16-17H2,1-3H3. The van der Waals surface area contributed by atoms with Crippen LogP contribution in [0.25, 0.3) is 0 Å². The Morgan fingerprint density at radius 2 is 1.61 bits per heavy atom. The van der Waals surface area contributed by atoms with E-state index in [2.05, 4.69) is 0 Å². The highest BCUT2D eigenvalue weighted by atomic mass is 32.2. The van der Waals surface area contributed by atoms with Crippen LogP contribution < -0.4 is 8.92 Å². The van der Waals surface area contributed by atoms with Gasteiger partial charge in [0.05, 0.1) is 13.5 Å². The molecular weight excluding hydrogens is 445 g/mol. The van der Waals surface area contributed by atoms with Gasteiger partial charge in [0.15, 0.2) is 0 Å². The number of carbonyl (C=O) groups excluding carboxylic acids is 1. The zero-order valence-electron chi connectivity index (χ0n) is 18.7. The van der Waals surface area contributed by atoms with Gasteiger partial charge in [-0.25, -0.2) is 4.39 Å². The van der Waals surface area contributed by atoms with Crippen molar-refractivity contribution in [1.82, 2.24) is 4.90 Å². The van der Waals surface area contributed by atoms with E-state index in [4.69, 9.17) is 8.92 Å². The number of ether oxygens (including phenoxy) is 1. The van der Waals surface area contributed by atoms with Gasteiger partial charge in [-0.2, -0.15) is 8.42 Å². The molecular formula is C25H26FNO5S. The first-order chi connectivity index (χ1) is 15.7. The van der Waals surface area contributed by atoms with E-state index in [0.29, 0.717) is 6.54 Å². The van der Waals surface area contributed by atoms with Crippen LogP contribution in [-0.2, 0) is 27.9 Å². The summed E-state index contributed by atoms with van der Waals surface area (Å²) in [6.45, 7) is 4.14. The van der Waals surface area contributed by atoms with Gasteiger partial charge in [-0.05, 0) is 73.5 Å². The van der Waals surface area contributed by atoms with Gasteiger partial charge in [0.2, 0.25) is 5.91 Å². The number of carbonyl (C=O) groups is 1. The van der Waals surface area contributed by atoms with Crippen molar-refractivity contribution in [2.75, 3.05) is 7.11 Å². The summed E-state index contributed by atoms with van der Waals surface area (Å²) in [5.41, 5.74) is 1.59. The summed E-state index contributed by atoms with van der Waals surface area (Å²) in [5, 5.41) is 0. The summed E-state index contributed by atoms with van der Waals surface area (Å²) in [7, 11) is -2.53. The second-order valence-electron chi connectivity index (χ2n) is 7.78. The first-order valence-electron chi connectivity index (χ1n) is 10.4. The van der Waals surface area contributed by atoms with E-state index >= 15 is 0 Å². The van der Waals surface area contributed by atoms with E-state index in [1.165, 1.54) is 6.07 Å². The predicted molar refractivity (Wildman–Crippen MR) is 123 cm³/mol. The smallest absolute Gasteiger partial charge is 0.339 e. The Labute approximate surface area is 193 Å². The van der Waals surface area contributed by atoms with Crippen LogP contribution in [0.5, 0.6) is 11.5 Å². The average molecular weight is 472 g/mol. The largest absolute Gasteiger partial charge is 0.497 e. The molecule has 6 nitrogen and oxygen atoms in total. The van der Waals surface area contributed by atoms with Crippen molar-refractivity contribution in [1.29, 1.82) is 0 Å². The minimum atomic E-state index is -4.11. The van der Waals surface area contributed by atoms with Crippen LogP contribution in [0.1, 0.15) is 25.0 Å². The number of hydrogen-bond donors (Lipinski definition) is 0. The van der Waals surface area contributed by atoms with Gasteiger partial charge in [0, 0.05) is 12.6 Å². The first kappa shape index (κ1) is 24.3. The topological polar surface area (TPSA) is 72.9 Å². The number of hydrogen-bond acceptors (Lipinski definition) is 5. The maximum absolute atomic E-state index is 13.1. The van der Waals surface area contributed by atoms with Crippen LogP contribution in [0, 0.1) is 5.82 Å². The minimum Gasteiger partial charge on any atom is -0.497 e. The molecule has 0 saturated carbocycles. The molecule has 0 aliphatic heterocycles. The molecule has 8 heteroatoms. The fourth-order valence-electron chi connectivity index (χ4n) is 3.25. The highest BCUT2D eigenvalue weighted by molar-refractivity contribution is 7.87. The number of amides is 1. The number of nitrogens with zero attached hydrogens (tertiary/aromatic N) is 1. The molecule has 0 unspecified atom stereocenters. The van der Waals surface area contributed by atoms with E-state index in [1.54, 1.807) is 30.2 Å². The second kappa shape index (κ2) is 10.5. The van der Waals surface area contributed by atoms with E-state index in [9.17, 15) is 17.6 Å². The van der Waals surface area contributed by atoms with Crippen molar-refractivity contribution in [3.8, 4) is 11.5 Å². The summed E-state index contributed by atoms with van der Waals surface area (Å²) in [6, 6.07) is 18.2. The molecule has 0 aromatic heterocycles. The van der Waals surface area contributed by atoms with Crippen molar-refractivity contribution in [2.24, 2.45) is 0 Å². The molecule has 174 valence electrons. The van der Waals surface area contributed by atoms with Gasteiger partial charge >= 0.3 is 10.1 Å². The second-order valence-corrected chi connectivity index (χ2v) is 9.33. The van der Waals surface area contributed by atoms with Gasteiger partial charge in [-0.3, -0.25) is 4.79 Å². The normalized spacial score (nSPS) is 11.3. The van der Waals surface area contributed by atoms with E-state index in [-0.39, 0.29) is 29.0 Å². The third kappa shape index (κ3) is 6.55. The molecule has 0 fully saturated rings. The molecule has 3 aromatic rings. The Morgan fingerprint density at radius 3 is 2.21 bits per heavy atom. The third-order valence-corrected chi connectivity index (χ3v) is 6.28. The summed E-state index contributed by atoms with van der Waals surface area (Å²) in [6.07, 6.45) is 0.233. The van der Waals surface area contributed by atoms with Crippen LogP contribution >= 0.6 is 0 Å². The predicted octanol–water partition coefficient (Wildman–Crippen LogP) is 4.58. The zero-order valence-corrected chi connectivity index (χ0v) is 19.5. The Morgan fingerprint density at radius 1 is 0.939 bits per heavy atom. The molecule has 0 atom stereocenters. The number of methoxy groups -OCH3 is 1. The van der Waals surface area contributed by atoms with Crippen molar-refractivity contribution in [3.63, 3.8) is 0 Å². The minimum absolute atomic E-state index is 0.0552. The monoisotopic (exact) mass is 471 g/mol. The summed E-state index contributed by atoms with van der Waals surface area (Å²) < 4.78 is 48.5. The lowest BCUT2D eigenvalue weighted by Gasteiger charge is -2.27. The van der Waals surface area contributed by atoms with E-state index in [1.807, 2.05) is 38.1 Å². The lowest BCUT2D eigenvalue weighted by molar-refractivity contribution is -0.132. The van der Waals surface area contributed by atoms with E-state index < -0.39 is 15.9 Å². The maximum atomic E-state index is 13.1. The molecule has 3 rings (SSSR count).